The molecule has 0 N–H and O–H groups in total. The summed E-state index contributed by atoms with van der Waals surface area (Å²) in [7, 11) is 1.95. The monoisotopic (exact) mass is 317 g/mol. The van der Waals surface area contributed by atoms with E-state index in [2.05, 4.69) is 10.1 Å². The fourth-order valence-corrected chi connectivity index (χ4v) is 3.03. The van der Waals surface area contributed by atoms with E-state index < -0.39 is 0 Å². The van der Waals surface area contributed by atoms with Crippen LogP contribution in [-0.2, 0) is 23.1 Å². The first-order valence-corrected chi connectivity index (χ1v) is 7.84. The molecule has 0 saturated carbocycles. The minimum Gasteiger partial charge on any atom is -0.367 e. The van der Waals surface area contributed by atoms with Gasteiger partial charge in [0.15, 0.2) is 0 Å². The van der Waals surface area contributed by atoms with Gasteiger partial charge in [0, 0.05) is 25.5 Å². The predicted molar refractivity (Wildman–Crippen MR) is 84.9 cm³/mol. The Hall–Kier alpha value is -2.15. The number of imidazole rings is 1. The molecule has 1 fully saturated rings. The van der Waals surface area contributed by atoms with Gasteiger partial charge in [0.05, 0.1) is 24.5 Å². The Balaban J connectivity index is 1.69. The molecule has 1 aliphatic rings. The Morgan fingerprint density at radius 2 is 2.13 bits per heavy atom. The van der Waals surface area contributed by atoms with E-state index in [1.165, 1.54) is 0 Å². The van der Waals surface area contributed by atoms with E-state index in [-0.39, 0.29) is 18.6 Å². The Morgan fingerprint density at radius 1 is 1.35 bits per heavy atom. The summed E-state index contributed by atoms with van der Waals surface area (Å²) < 4.78 is 9.54. The SMILES string of the molecule is Cc1cn(C)c(C2CN(C(=O)Cn3nc(C)cc3C)CCO2)n1. The maximum atomic E-state index is 12.6. The number of carbonyl (C=O) groups is 1. The molecule has 2 aromatic heterocycles. The van der Waals surface area contributed by atoms with Gasteiger partial charge >= 0.3 is 0 Å². The molecule has 3 rings (SSSR count). The fraction of sp³-hybridized carbons (Fsp3) is 0.562. The van der Waals surface area contributed by atoms with Crippen molar-refractivity contribution in [3.8, 4) is 0 Å². The summed E-state index contributed by atoms with van der Waals surface area (Å²) in [6.45, 7) is 7.79. The average molecular weight is 317 g/mol. The predicted octanol–water partition coefficient (Wildman–Crippen LogP) is 1.14. The molecule has 0 aromatic carbocycles. The van der Waals surface area contributed by atoms with Crippen LogP contribution in [0.25, 0.3) is 0 Å². The van der Waals surface area contributed by atoms with Crippen LogP contribution in [-0.4, -0.2) is 49.8 Å². The van der Waals surface area contributed by atoms with Gasteiger partial charge in [-0.3, -0.25) is 9.48 Å². The van der Waals surface area contributed by atoms with E-state index in [0.29, 0.717) is 19.7 Å². The van der Waals surface area contributed by atoms with Gasteiger partial charge < -0.3 is 14.2 Å². The van der Waals surface area contributed by atoms with Crippen molar-refractivity contribution in [2.24, 2.45) is 7.05 Å². The van der Waals surface area contributed by atoms with Crippen LogP contribution in [0.3, 0.4) is 0 Å². The van der Waals surface area contributed by atoms with E-state index in [0.717, 1.165) is 22.9 Å². The van der Waals surface area contributed by atoms with Crippen molar-refractivity contribution < 1.29 is 9.53 Å². The molecule has 1 atom stereocenters. The normalized spacial score (nSPS) is 18.4. The molecular weight excluding hydrogens is 294 g/mol. The summed E-state index contributed by atoms with van der Waals surface area (Å²) in [4.78, 5) is 18.9. The smallest absolute Gasteiger partial charge is 0.244 e. The number of hydrogen-bond acceptors (Lipinski definition) is 4. The van der Waals surface area contributed by atoms with Crippen molar-refractivity contribution in [2.75, 3.05) is 19.7 Å². The van der Waals surface area contributed by atoms with Crippen LogP contribution >= 0.6 is 0 Å². The van der Waals surface area contributed by atoms with Crippen LogP contribution in [0.2, 0.25) is 0 Å². The highest BCUT2D eigenvalue weighted by atomic mass is 16.5. The molecule has 0 radical (unpaired) electrons. The molecule has 1 amide bonds. The second-order valence-electron chi connectivity index (χ2n) is 6.14. The second-order valence-corrected chi connectivity index (χ2v) is 6.14. The van der Waals surface area contributed by atoms with Gasteiger partial charge in [-0.15, -0.1) is 0 Å². The quantitative estimate of drug-likeness (QED) is 0.851. The van der Waals surface area contributed by atoms with E-state index >= 15 is 0 Å². The summed E-state index contributed by atoms with van der Waals surface area (Å²) in [5.74, 6) is 0.932. The molecule has 3 heterocycles. The molecule has 1 unspecified atom stereocenters. The zero-order valence-electron chi connectivity index (χ0n) is 14.1. The van der Waals surface area contributed by atoms with Gasteiger partial charge in [0.1, 0.15) is 18.5 Å². The molecule has 1 saturated heterocycles. The van der Waals surface area contributed by atoms with E-state index in [4.69, 9.17) is 4.74 Å². The van der Waals surface area contributed by atoms with Crippen molar-refractivity contribution in [1.82, 2.24) is 24.2 Å². The molecule has 23 heavy (non-hydrogen) atoms. The number of ether oxygens (including phenoxy) is 1. The van der Waals surface area contributed by atoms with E-state index in [1.807, 2.05) is 49.5 Å². The number of aromatic nitrogens is 4. The maximum Gasteiger partial charge on any atom is 0.244 e. The standard InChI is InChI=1S/C16H23N5O2/c1-11-7-13(3)21(18-11)10-15(22)20-5-6-23-14(9-20)16-17-12(2)8-19(16)4/h7-8,14H,5-6,9-10H2,1-4H3. The van der Waals surface area contributed by atoms with Crippen molar-refractivity contribution in [2.45, 2.75) is 33.4 Å². The van der Waals surface area contributed by atoms with Crippen LogP contribution in [0.1, 0.15) is 29.0 Å². The lowest BCUT2D eigenvalue weighted by molar-refractivity contribution is -0.140. The van der Waals surface area contributed by atoms with Crippen molar-refractivity contribution in [1.29, 1.82) is 0 Å². The molecule has 124 valence electrons. The lowest BCUT2D eigenvalue weighted by Gasteiger charge is -2.32. The Kier molecular flexibility index (Phi) is 4.21. The highest BCUT2D eigenvalue weighted by Crippen LogP contribution is 2.21. The number of hydrogen-bond donors (Lipinski definition) is 0. The Labute approximate surface area is 135 Å². The summed E-state index contributed by atoms with van der Waals surface area (Å²) in [5, 5.41) is 4.36. The molecule has 7 nitrogen and oxygen atoms in total. The molecule has 0 bridgehead atoms. The number of aryl methyl sites for hydroxylation is 4. The molecule has 1 aliphatic heterocycles. The first kappa shape index (κ1) is 15.7. The molecule has 0 aliphatic carbocycles. The highest BCUT2D eigenvalue weighted by Gasteiger charge is 2.28. The summed E-state index contributed by atoms with van der Waals surface area (Å²) >= 11 is 0. The zero-order valence-corrected chi connectivity index (χ0v) is 14.1. The number of nitrogens with zero attached hydrogens (tertiary/aromatic N) is 5. The molecule has 2 aromatic rings. The minimum absolute atomic E-state index is 0.0652. The Morgan fingerprint density at radius 3 is 2.74 bits per heavy atom. The third kappa shape index (κ3) is 3.29. The van der Waals surface area contributed by atoms with Gasteiger partial charge in [-0.1, -0.05) is 0 Å². The van der Waals surface area contributed by atoms with Crippen LogP contribution in [0.4, 0.5) is 0 Å². The van der Waals surface area contributed by atoms with Gasteiger partial charge in [0.25, 0.3) is 0 Å². The van der Waals surface area contributed by atoms with Crippen LogP contribution in [0, 0.1) is 20.8 Å². The van der Waals surface area contributed by atoms with Crippen molar-refractivity contribution in [3.63, 3.8) is 0 Å². The topological polar surface area (TPSA) is 65.2 Å². The van der Waals surface area contributed by atoms with Crippen LogP contribution in [0.15, 0.2) is 12.3 Å². The van der Waals surface area contributed by atoms with E-state index in [9.17, 15) is 4.79 Å². The average Bonchev–Trinajstić information content (AvgIpc) is 3.00. The van der Waals surface area contributed by atoms with Gasteiger partial charge in [-0.2, -0.15) is 5.10 Å². The van der Waals surface area contributed by atoms with Crippen molar-refractivity contribution >= 4 is 5.91 Å². The number of carbonyl (C=O) groups excluding carboxylic acids is 1. The fourth-order valence-electron chi connectivity index (χ4n) is 3.03. The first-order chi connectivity index (χ1) is 10.9. The van der Waals surface area contributed by atoms with Crippen molar-refractivity contribution in [3.05, 3.63) is 35.2 Å². The Bertz CT molecular complexity index is 718. The molecular formula is C16H23N5O2. The van der Waals surface area contributed by atoms with Gasteiger partial charge in [0.2, 0.25) is 5.91 Å². The summed E-state index contributed by atoms with van der Waals surface area (Å²) in [6, 6.07) is 1.98. The lowest BCUT2D eigenvalue weighted by Crippen LogP contribution is -2.44. The molecule has 7 heteroatoms. The minimum atomic E-state index is -0.174. The molecule has 0 spiro atoms. The second kappa shape index (κ2) is 6.16. The third-order valence-electron chi connectivity index (χ3n) is 4.13. The van der Waals surface area contributed by atoms with Gasteiger partial charge in [-0.25, -0.2) is 4.98 Å². The highest BCUT2D eigenvalue weighted by molar-refractivity contribution is 5.76. The zero-order chi connectivity index (χ0) is 16.6. The third-order valence-corrected chi connectivity index (χ3v) is 4.13. The number of morpholine rings is 1. The number of amides is 1. The first-order valence-electron chi connectivity index (χ1n) is 7.84. The van der Waals surface area contributed by atoms with E-state index in [1.54, 1.807) is 4.68 Å². The van der Waals surface area contributed by atoms with Crippen LogP contribution in [0.5, 0.6) is 0 Å². The summed E-state index contributed by atoms with van der Waals surface area (Å²) in [5.41, 5.74) is 2.89. The van der Waals surface area contributed by atoms with Gasteiger partial charge in [-0.05, 0) is 26.8 Å². The summed E-state index contributed by atoms with van der Waals surface area (Å²) in [6.07, 6.45) is 1.79. The lowest BCUT2D eigenvalue weighted by atomic mass is 10.2. The number of rotatable bonds is 3. The van der Waals surface area contributed by atoms with Crippen LogP contribution < -0.4 is 0 Å². The maximum absolute atomic E-state index is 12.6. The largest absolute Gasteiger partial charge is 0.367 e.